The monoisotopic (exact) mass is 288 g/mol. The molecule has 0 saturated heterocycles. The summed E-state index contributed by atoms with van der Waals surface area (Å²) in [4.78, 5) is 24.0. The van der Waals surface area contributed by atoms with Crippen molar-refractivity contribution < 1.29 is 14.3 Å². The molecule has 0 spiro atoms. The van der Waals surface area contributed by atoms with Gasteiger partial charge in [0.2, 0.25) is 0 Å². The van der Waals surface area contributed by atoms with Crippen LogP contribution in [0.3, 0.4) is 0 Å². The Hall–Kier alpha value is -2.83. The minimum absolute atomic E-state index is 0.211. The molecule has 0 radical (unpaired) electrons. The second kappa shape index (κ2) is 6.08. The van der Waals surface area contributed by atoms with Crippen molar-refractivity contribution in [2.45, 2.75) is 6.92 Å². The number of amides is 1. The van der Waals surface area contributed by atoms with Gasteiger partial charge in [-0.3, -0.25) is 9.48 Å². The van der Waals surface area contributed by atoms with Crippen LogP contribution in [0.5, 0.6) is 0 Å². The van der Waals surface area contributed by atoms with Gasteiger partial charge in [0, 0.05) is 18.3 Å². The number of carbonyl (C=O) groups excluding carboxylic acids is 2. The molecule has 1 heterocycles. The van der Waals surface area contributed by atoms with Crippen molar-refractivity contribution in [1.82, 2.24) is 9.78 Å². The van der Waals surface area contributed by atoms with E-state index < -0.39 is 5.97 Å². The molecular formula is C14H16N4O3. The van der Waals surface area contributed by atoms with Crippen LogP contribution in [0.25, 0.3) is 0 Å². The summed E-state index contributed by atoms with van der Waals surface area (Å²) in [6.45, 7) is 1.96. The fourth-order valence-electron chi connectivity index (χ4n) is 1.76. The van der Waals surface area contributed by atoms with Gasteiger partial charge in [-0.2, -0.15) is 5.10 Å². The zero-order valence-electron chi connectivity index (χ0n) is 11.8. The number of nitrogen functional groups attached to an aromatic ring is 1. The van der Waals surface area contributed by atoms with Crippen molar-refractivity contribution in [1.29, 1.82) is 0 Å². The molecule has 0 bridgehead atoms. The molecule has 110 valence electrons. The van der Waals surface area contributed by atoms with E-state index in [1.54, 1.807) is 38.2 Å². The van der Waals surface area contributed by atoms with Gasteiger partial charge in [0.15, 0.2) is 0 Å². The Bertz CT molecular complexity index is 661. The summed E-state index contributed by atoms with van der Waals surface area (Å²) in [6, 6.07) is 6.46. The SMILES string of the molecule is CCOC(=O)c1cnn(C)c1NC(=O)c1ccc(N)cc1. The van der Waals surface area contributed by atoms with Gasteiger partial charge in [0.1, 0.15) is 11.4 Å². The van der Waals surface area contributed by atoms with Gasteiger partial charge in [-0.05, 0) is 31.2 Å². The number of nitrogens with zero attached hydrogens (tertiary/aromatic N) is 2. The van der Waals surface area contributed by atoms with E-state index in [-0.39, 0.29) is 23.9 Å². The third-order valence-corrected chi connectivity index (χ3v) is 2.84. The Kier molecular flexibility index (Phi) is 4.22. The van der Waals surface area contributed by atoms with Crippen molar-refractivity contribution in [3.8, 4) is 0 Å². The van der Waals surface area contributed by atoms with Gasteiger partial charge in [-0.1, -0.05) is 0 Å². The number of anilines is 2. The first-order valence-corrected chi connectivity index (χ1v) is 6.39. The van der Waals surface area contributed by atoms with Crippen LogP contribution in [0.15, 0.2) is 30.5 Å². The number of carbonyl (C=O) groups is 2. The molecule has 1 aromatic heterocycles. The fraction of sp³-hybridized carbons (Fsp3) is 0.214. The Morgan fingerprint density at radius 3 is 2.62 bits per heavy atom. The lowest BCUT2D eigenvalue weighted by atomic mass is 10.2. The number of nitrogens with two attached hydrogens (primary N) is 1. The standard InChI is InChI=1S/C14H16N4O3/c1-3-21-14(20)11-8-16-18(2)12(11)17-13(19)9-4-6-10(15)7-5-9/h4-8H,3,15H2,1-2H3,(H,17,19). The smallest absolute Gasteiger partial charge is 0.343 e. The van der Waals surface area contributed by atoms with Crippen molar-refractivity contribution in [3.63, 3.8) is 0 Å². The minimum Gasteiger partial charge on any atom is -0.462 e. The number of aryl methyl sites for hydroxylation is 1. The summed E-state index contributed by atoms with van der Waals surface area (Å²) in [5, 5.41) is 6.62. The van der Waals surface area contributed by atoms with Crippen LogP contribution in [0.2, 0.25) is 0 Å². The lowest BCUT2D eigenvalue weighted by molar-refractivity contribution is 0.0527. The summed E-state index contributed by atoms with van der Waals surface area (Å²) in [5.74, 6) is -0.599. The second-order valence-corrected chi connectivity index (χ2v) is 4.33. The molecule has 1 amide bonds. The van der Waals surface area contributed by atoms with Gasteiger partial charge in [-0.25, -0.2) is 4.79 Å². The lowest BCUT2D eigenvalue weighted by Crippen LogP contribution is -2.17. The molecular weight excluding hydrogens is 272 g/mol. The Labute approximate surface area is 121 Å². The Balaban J connectivity index is 2.23. The van der Waals surface area contributed by atoms with Crippen molar-refractivity contribution >= 4 is 23.4 Å². The number of aromatic nitrogens is 2. The normalized spacial score (nSPS) is 10.2. The summed E-state index contributed by atoms with van der Waals surface area (Å²) in [6.07, 6.45) is 1.36. The van der Waals surface area contributed by atoms with E-state index in [0.717, 1.165) is 0 Å². The van der Waals surface area contributed by atoms with E-state index in [1.807, 2.05) is 0 Å². The molecule has 7 nitrogen and oxygen atoms in total. The molecule has 0 aliphatic rings. The summed E-state index contributed by atoms with van der Waals surface area (Å²) < 4.78 is 6.33. The molecule has 0 atom stereocenters. The number of hydrogen-bond donors (Lipinski definition) is 2. The molecule has 0 saturated carbocycles. The molecule has 3 N–H and O–H groups in total. The molecule has 7 heteroatoms. The van der Waals surface area contributed by atoms with Crippen LogP contribution < -0.4 is 11.1 Å². The quantitative estimate of drug-likeness (QED) is 0.655. The van der Waals surface area contributed by atoms with E-state index in [2.05, 4.69) is 10.4 Å². The predicted molar refractivity (Wildman–Crippen MR) is 78.0 cm³/mol. The molecule has 2 aromatic rings. The second-order valence-electron chi connectivity index (χ2n) is 4.33. The zero-order valence-corrected chi connectivity index (χ0v) is 11.8. The third kappa shape index (κ3) is 3.19. The first-order valence-electron chi connectivity index (χ1n) is 6.39. The van der Waals surface area contributed by atoms with E-state index in [4.69, 9.17) is 10.5 Å². The van der Waals surface area contributed by atoms with Crippen LogP contribution >= 0.6 is 0 Å². The minimum atomic E-state index is -0.529. The summed E-state index contributed by atoms with van der Waals surface area (Å²) >= 11 is 0. The number of hydrogen-bond acceptors (Lipinski definition) is 5. The van der Waals surface area contributed by atoms with E-state index in [9.17, 15) is 9.59 Å². The van der Waals surface area contributed by atoms with Crippen molar-refractivity contribution in [3.05, 3.63) is 41.6 Å². The molecule has 0 unspecified atom stereocenters. The highest BCUT2D eigenvalue weighted by atomic mass is 16.5. The molecule has 21 heavy (non-hydrogen) atoms. The number of rotatable bonds is 4. The van der Waals surface area contributed by atoms with Crippen molar-refractivity contribution in [2.24, 2.45) is 7.05 Å². The topological polar surface area (TPSA) is 99.2 Å². The third-order valence-electron chi connectivity index (χ3n) is 2.84. The molecule has 1 aromatic carbocycles. The van der Waals surface area contributed by atoms with E-state index in [0.29, 0.717) is 11.3 Å². The Morgan fingerprint density at radius 2 is 2.00 bits per heavy atom. The number of benzene rings is 1. The lowest BCUT2D eigenvalue weighted by Gasteiger charge is -2.08. The van der Waals surface area contributed by atoms with E-state index >= 15 is 0 Å². The maximum Gasteiger partial charge on any atom is 0.343 e. The Morgan fingerprint density at radius 1 is 1.33 bits per heavy atom. The number of esters is 1. The maximum absolute atomic E-state index is 12.2. The highest BCUT2D eigenvalue weighted by molar-refractivity contribution is 6.07. The van der Waals surface area contributed by atoms with Gasteiger partial charge >= 0.3 is 5.97 Å². The zero-order chi connectivity index (χ0) is 15.4. The van der Waals surface area contributed by atoms with Crippen LogP contribution in [-0.4, -0.2) is 28.3 Å². The van der Waals surface area contributed by atoms with Gasteiger partial charge in [0.05, 0.1) is 12.8 Å². The first kappa shape index (κ1) is 14.6. The van der Waals surface area contributed by atoms with Gasteiger partial charge < -0.3 is 15.8 Å². The molecule has 2 rings (SSSR count). The van der Waals surface area contributed by atoms with Crippen LogP contribution in [0.4, 0.5) is 11.5 Å². The van der Waals surface area contributed by atoms with Crippen LogP contribution in [0, 0.1) is 0 Å². The molecule has 0 aliphatic carbocycles. The van der Waals surface area contributed by atoms with Crippen molar-refractivity contribution in [2.75, 3.05) is 17.7 Å². The number of nitrogens with one attached hydrogen (secondary N) is 1. The van der Waals surface area contributed by atoms with Gasteiger partial charge in [0.25, 0.3) is 5.91 Å². The average molecular weight is 288 g/mol. The number of ether oxygens (including phenoxy) is 1. The van der Waals surface area contributed by atoms with E-state index in [1.165, 1.54) is 10.9 Å². The maximum atomic E-state index is 12.2. The van der Waals surface area contributed by atoms with Crippen LogP contribution in [0.1, 0.15) is 27.6 Å². The average Bonchev–Trinajstić information content (AvgIpc) is 2.81. The largest absolute Gasteiger partial charge is 0.462 e. The highest BCUT2D eigenvalue weighted by Gasteiger charge is 2.19. The summed E-state index contributed by atoms with van der Waals surface area (Å²) in [7, 11) is 1.63. The predicted octanol–water partition coefficient (Wildman–Crippen LogP) is 1.43. The van der Waals surface area contributed by atoms with Gasteiger partial charge in [-0.15, -0.1) is 0 Å². The highest BCUT2D eigenvalue weighted by Crippen LogP contribution is 2.17. The first-order chi connectivity index (χ1) is 10.0. The summed E-state index contributed by atoms with van der Waals surface area (Å²) in [5.41, 5.74) is 6.79. The fourth-order valence-corrected chi connectivity index (χ4v) is 1.76. The molecule has 0 aliphatic heterocycles. The van der Waals surface area contributed by atoms with Crippen LogP contribution in [-0.2, 0) is 11.8 Å². The molecule has 0 fully saturated rings.